The summed E-state index contributed by atoms with van der Waals surface area (Å²) in [7, 11) is 0. The van der Waals surface area contributed by atoms with Crippen LogP contribution in [0.5, 0.6) is 0 Å². The van der Waals surface area contributed by atoms with Crippen molar-refractivity contribution >= 4 is 0 Å². The zero-order valence-electron chi connectivity index (χ0n) is 10.3. The molecule has 3 nitrogen and oxygen atoms in total. The zero-order chi connectivity index (χ0) is 11.1. The zero-order valence-corrected chi connectivity index (χ0v) is 10.3. The number of hydrogen-bond acceptors (Lipinski definition) is 2. The third-order valence-corrected chi connectivity index (χ3v) is 3.87. The van der Waals surface area contributed by atoms with Crippen LogP contribution in [0.1, 0.15) is 49.9 Å². The Morgan fingerprint density at radius 2 is 2.31 bits per heavy atom. The maximum Gasteiger partial charge on any atom is 0.109 e. The molecule has 16 heavy (non-hydrogen) atoms. The minimum Gasteiger partial charge on any atom is -0.328 e. The molecule has 3 rings (SSSR count). The molecule has 1 aromatic rings. The maximum atomic E-state index is 4.84. The Kier molecular flexibility index (Phi) is 2.51. The van der Waals surface area contributed by atoms with Crippen LogP contribution in [0.15, 0.2) is 0 Å². The summed E-state index contributed by atoms with van der Waals surface area (Å²) in [5.41, 5.74) is 2.84. The minimum atomic E-state index is 0.760. The van der Waals surface area contributed by atoms with E-state index < -0.39 is 0 Å². The van der Waals surface area contributed by atoms with Crippen LogP contribution in [-0.2, 0) is 19.4 Å². The molecular formula is C13H21N3. The second-order valence-corrected chi connectivity index (χ2v) is 5.25. The van der Waals surface area contributed by atoms with E-state index in [1.807, 2.05) is 0 Å². The van der Waals surface area contributed by atoms with E-state index in [0.29, 0.717) is 0 Å². The van der Waals surface area contributed by atoms with Crippen molar-refractivity contribution in [2.45, 2.75) is 52.1 Å². The Balaban J connectivity index is 2.00. The molecule has 2 atom stereocenters. The van der Waals surface area contributed by atoms with Gasteiger partial charge in [0.25, 0.3) is 0 Å². The summed E-state index contributed by atoms with van der Waals surface area (Å²) >= 11 is 0. The molecule has 0 bridgehead atoms. The van der Waals surface area contributed by atoms with E-state index in [1.54, 1.807) is 0 Å². The van der Waals surface area contributed by atoms with E-state index in [4.69, 9.17) is 4.98 Å². The fraction of sp³-hybridized carbons (Fsp3) is 0.769. The normalized spacial score (nSPS) is 27.9. The van der Waals surface area contributed by atoms with Gasteiger partial charge in [-0.3, -0.25) is 0 Å². The van der Waals surface area contributed by atoms with Gasteiger partial charge in [-0.05, 0) is 18.8 Å². The summed E-state index contributed by atoms with van der Waals surface area (Å²) in [5.74, 6) is 2.20. The topological polar surface area (TPSA) is 29.9 Å². The Morgan fingerprint density at radius 1 is 1.50 bits per heavy atom. The van der Waals surface area contributed by atoms with Crippen molar-refractivity contribution in [3.8, 4) is 0 Å². The third kappa shape index (κ3) is 1.58. The van der Waals surface area contributed by atoms with Crippen LogP contribution in [-0.4, -0.2) is 16.1 Å². The molecule has 1 aliphatic carbocycles. The van der Waals surface area contributed by atoms with Gasteiger partial charge in [0.2, 0.25) is 0 Å². The molecule has 1 N–H and O–H groups in total. The predicted octanol–water partition coefficient (Wildman–Crippen LogP) is 2.06. The summed E-state index contributed by atoms with van der Waals surface area (Å²) in [4.78, 5) is 4.84. The first-order valence-corrected chi connectivity index (χ1v) is 6.60. The average Bonchev–Trinajstić information content (AvgIpc) is 2.89. The summed E-state index contributed by atoms with van der Waals surface area (Å²) in [5, 5.41) is 3.42. The van der Waals surface area contributed by atoms with Crippen molar-refractivity contribution in [3.05, 3.63) is 17.2 Å². The highest BCUT2D eigenvalue weighted by molar-refractivity contribution is 5.23. The highest BCUT2D eigenvalue weighted by Gasteiger charge is 2.38. The van der Waals surface area contributed by atoms with Crippen LogP contribution in [0.4, 0.5) is 0 Å². The van der Waals surface area contributed by atoms with Crippen LogP contribution >= 0.6 is 0 Å². The molecule has 0 spiro atoms. The van der Waals surface area contributed by atoms with Gasteiger partial charge in [-0.15, -0.1) is 0 Å². The van der Waals surface area contributed by atoms with Gasteiger partial charge in [-0.2, -0.15) is 0 Å². The fourth-order valence-electron chi connectivity index (χ4n) is 2.84. The number of nitrogens with zero attached hydrogens (tertiary/aromatic N) is 2. The number of imidazole rings is 1. The molecule has 2 aliphatic rings. The number of fused-ring (bicyclic) bond motifs is 1. The number of aromatic nitrogens is 2. The van der Waals surface area contributed by atoms with E-state index in [2.05, 4.69) is 23.7 Å². The van der Waals surface area contributed by atoms with Crippen LogP contribution in [0.25, 0.3) is 0 Å². The second-order valence-electron chi connectivity index (χ2n) is 5.25. The number of aryl methyl sites for hydroxylation is 1. The van der Waals surface area contributed by atoms with Gasteiger partial charge in [-0.1, -0.05) is 13.8 Å². The molecule has 2 unspecified atom stereocenters. The smallest absolute Gasteiger partial charge is 0.109 e. The maximum absolute atomic E-state index is 4.84. The van der Waals surface area contributed by atoms with Crippen molar-refractivity contribution < 1.29 is 0 Å². The number of rotatable bonds is 3. The first-order valence-electron chi connectivity index (χ1n) is 6.60. The van der Waals surface area contributed by atoms with Crippen molar-refractivity contribution in [3.63, 3.8) is 0 Å². The molecular weight excluding hydrogens is 198 g/mol. The van der Waals surface area contributed by atoms with Gasteiger partial charge >= 0.3 is 0 Å². The Morgan fingerprint density at radius 3 is 3.00 bits per heavy atom. The van der Waals surface area contributed by atoms with Crippen molar-refractivity contribution in [1.82, 2.24) is 14.9 Å². The lowest BCUT2D eigenvalue weighted by atomic mass is 10.2. The molecule has 2 heterocycles. The van der Waals surface area contributed by atoms with Gasteiger partial charge < -0.3 is 9.88 Å². The summed E-state index contributed by atoms with van der Waals surface area (Å²) in [6.07, 6.45) is 4.85. The van der Waals surface area contributed by atoms with E-state index in [-0.39, 0.29) is 0 Å². The SMILES string of the molecule is CCCc1nc2c(n1C1CC1C)CCNC2. The van der Waals surface area contributed by atoms with Gasteiger partial charge in [0.15, 0.2) is 0 Å². The van der Waals surface area contributed by atoms with E-state index >= 15 is 0 Å². The Bertz CT molecular complexity index is 394. The average molecular weight is 219 g/mol. The molecule has 1 fully saturated rings. The predicted molar refractivity (Wildman–Crippen MR) is 64.5 cm³/mol. The molecule has 1 aromatic heterocycles. The van der Waals surface area contributed by atoms with Crippen LogP contribution in [0.3, 0.4) is 0 Å². The Labute approximate surface area is 97.3 Å². The summed E-state index contributed by atoms with van der Waals surface area (Å²) < 4.78 is 2.57. The monoisotopic (exact) mass is 219 g/mol. The van der Waals surface area contributed by atoms with Gasteiger partial charge in [0, 0.05) is 37.7 Å². The molecule has 3 heteroatoms. The third-order valence-electron chi connectivity index (χ3n) is 3.87. The Hall–Kier alpha value is -0.830. The fourth-order valence-corrected chi connectivity index (χ4v) is 2.84. The molecule has 88 valence electrons. The largest absolute Gasteiger partial charge is 0.328 e. The van der Waals surface area contributed by atoms with Gasteiger partial charge in [0.1, 0.15) is 5.82 Å². The number of hydrogen-bond donors (Lipinski definition) is 1. The number of nitrogens with one attached hydrogen (secondary N) is 1. The summed E-state index contributed by atoms with van der Waals surface area (Å²) in [6.45, 7) is 6.69. The lowest BCUT2D eigenvalue weighted by Crippen LogP contribution is -2.25. The quantitative estimate of drug-likeness (QED) is 0.843. The molecule has 1 aliphatic heterocycles. The first kappa shape index (κ1) is 10.3. The van der Waals surface area contributed by atoms with Crippen molar-refractivity contribution in [1.29, 1.82) is 0 Å². The van der Waals surface area contributed by atoms with Crippen LogP contribution in [0.2, 0.25) is 0 Å². The molecule has 0 radical (unpaired) electrons. The molecule has 0 aromatic carbocycles. The minimum absolute atomic E-state index is 0.760. The second kappa shape index (κ2) is 3.88. The molecule has 0 amide bonds. The lowest BCUT2D eigenvalue weighted by molar-refractivity contribution is 0.569. The first-order chi connectivity index (χ1) is 7.81. The summed E-state index contributed by atoms with van der Waals surface area (Å²) in [6, 6.07) is 0.760. The van der Waals surface area contributed by atoms with Gasteiger partial charge in [0.05, 0.1) is 5.69 Å². The van der Waals surface area contributed by atoms with Crippen LogP contribution in [0, 0.1) is 5.92 Å². The standard InChI is InChI=1S/C13H21N3/c1-3-4-13-15-10-8-14-6-5-11(10)16(13)12-7-9(12)2/h9,12,14H,3-8H2,1-2H3. The van der Waals surface area contributed by atoms with Crippen LogP contribution < -0.4 is 5.32 Å². The van der Waals surface area contributed by atoms with Gasteiger partial charge in [-0.25, -0.2) is 4.98 Å². The van der Waals surface area contributed by atoms with Crippen molar-refractivity contribution in [2.24, 2.45) is 5.92 Å². The lowest BCUT2D eigenvalue weighted by Gasteiger charge is -2.16. The van der Waals surface area contributed by atoms with Crippen molar-refractivity contribution in [2.75, 3.05) is 6.54 Å². The van der Waals surface area contributed by atoms with E-state index in [0.717, 1.165) is 37.9 Å². The molecule has 1 saturated carbocycles. The van der Waals surface area contributed by atoms with E-state index in [1.165, 1.54) is 30.1 Å². The van der Waals surface area contributed by atoms with E-state index in [9.17, 15) is 0 Å². The highest BCUT2D eigenvalue weighted by atomic mass is 15.2. The highest BCUT2D eigenvalue weighted by Crippen LogP contribution is 2.45. The molecule has 0 saturated heterocycles.